The van der Waals surface area contributed by atoms with Gasteiger partial charge in [-0.3, -0.25) is 4.79 Å². The molecule has 0 aromatic carbocycles. The van der Waals surface area contributed by atoms with Crippen LogP contribution in [0.2, 0.25) is 0 Å². The fourth-order valence-corrected chi connectivity index (χ4v) is 2.58. The van der Waals surface area contributed by atoms with E-state index in [1.807, 2.05) is 0 Å². The molecule has 0 bridgehead atoms. The van der Waals surface area contributed by atoms with Gasteiger partial charge >= 0.3 is 0 Å². The molecule has 0 atom stereocenters. The van der Waals surface area contributed by atoms with Gasteiger partial charge in [-0.2, -0.15) is 0 Å². The van der Waals surface area contributed by atoms with Crippen molar-refractivity contribution in [1.82, 2.24) is 5.32 Å². The number of hydrogen-bond donors (Lipinski definition) is 2. The summed E-state index contributed by atoms with van der Waals surface area (Å²) >= 11 is 0. The molecule has 0 radical (unpaired) electrons. The maximum Gasteiger partial charge on any atom is 0.220 e. The second-order valence-corrected chi connectivity index (χ2v) is 5.26. The second-order valence-electron chi connectivity index (χ2n) is 5.26. The van der Waals surface area contributed by atoms with Crippen LogP contribution in [0.25, 0.3) is 0 Å². The zero-order valence-corrected chi connectivity index (χ0v) is 11.0. The quantitative estimate of drug-likeness (QED) is 0.531. The van der Waals surface area contributed by atoms with E-state index in [1.54, 1.807) is 0 Å². The van der Waals surface area contributed by atoms with Crippen molar-refractivity contribution in [3.8, 4) is 0 Å². The maximum absolute atomic E-state index is 11.7. The molecule has 1 amide bonds. The van der Waals surface area contributed by atoms with Gasteiger partial charge in [0.1, 0.15) is 0 Å². The Labute approximate surface area is 106 Å². The maximum atomic E-state index is 11.7. The van der Waals surface area contributed by atoms with E-state index in [1.165, 1.54) is 38.5 Å². The molecule has 0 aromatic heterocycles. The van der Waals surface area contributed by atoms with Gasteiger partial charge in [-0.05, 0) is 38.1 Å². The summed E-state index contributed by atoms with van der Waals surface area (Å²) in [6.45, 7) is 1.58. The molecule has 0 saturated heterocycles. The van der Waals surface area contributed by atoms with Crippen molar-refractivity contribution in [2.75, 3.05) is 13.1 Å². The Morgan fingerprint density at radius 1 is 1.06 bits per heavy atom. The smallest absolute Gasteiger partial charge is 0.220 e. The minimum atomic E-state index is 0.254. The summed E-state index contributed by atoms with van der Waals surface area (Å²) in [6, 6.07) is 0. The van der Waals surface area contributed by atoms with Gasteiger partial charge in [-0.15, -0.1) is 0 Å². The third-order valence-corrected chi connectivity index (χ3v) is 3.65. The van der Waals surface area contributed by atoms with Crippen LogP contribution in [0.3, 0.4) is 0 Å². The van der Waals surface area contributed by atoms with Crippen LogP contribution in [0.5, 0.6) is 0 Å². The fraction of sp³-hybridized carbons (Fsp3) is 0.929. The van der Waals surface area contributed by atoms with Gasteiger partial charge in [0.15, 0.2) is 0 Å². The molecule has 17 heavy (non-hydrogen) atoms. The van der Waals surface area contributed by atoms with Crippen molar-refractivity contribution < 1.29 is 4.79 Å². The number of unbranched alkanes of at least 4 members (excludes halogenated alkanes) is 2. The van der Waals surface area contributed by atoms with E-state index < -0.39 is 0 Å². The highest BCUT2D eigenvalue weighted by Gasteiger charge is 2.15. The highest BCUT2D eigenvalue weighted by atomic mass is 16.1. The Morgan fingerprint density at radius 2 is 1.76 bits per heavy atom. The van der Waals surface area contributed by atoms with Crippen LogP contribution < -0.4 is 11.1 Å². The zero-order chi connectivity index (χ0) is 12.3. The molecule has 0 heterocycles. The standard InChI is InChI=1S/C14H28N2O/c15-10-6-3-7-11-16-14(17)12-13-8-4-1-2-5-9-13/h13H,1-12,15H2,(H,16,17). The van der Waals surface area contributed by atoms with Crippen molar-refractivity contribution in [2.24, 2.45) is 11.7 Å². The van der Waals surface area contributed by atoms with Crippen LogP contribution in [0.4, 0.5) is 0 Å². The molecule has 1 aliphatic rings. The molecule has 0 spiro atoms. The summed E-state index contributed by atoms with van der Waals surface area (Å²) in [6.07, 6.45) is 11.8. The van der Waals surface area contributed by atoms with E-state index in [0.29, 0.717) is 5.92 Å². The molecule has 1 fully saturated rings. The Hall–Kier alpha value is -0.570. The van der Waals surface area contributed by atoms with E-state index in [2.05, 4.69) is 5.32 Å². The number of amides is 1. The van der Waals surface area contributed by atoms with Crippen LogP contribution in [-0.4, -0.2) is 19.0 Å². The van der Waals surface area contributed by atoms with Gasteiger partial charge < -0.3 is 11.1 Å². The van der Waals surface area contributed by atoms with E-state index in [-0.39, 0.29) is 5.91 Å². The van der Waals surface area contributed by atoms with Gasteiger partial charge in [0.05, 0.1) is 0 Å². The van der Waals surface area contributed by atoms with E-state index in [0.717, 1.165) is 38.8 Å². The molecule has 100 valence electrons. The molecule has 3 N–H and O–H groups in total. The Bertz CT molecular complexity index is 198. The third-order valence-electron chi connectivity index (χ3n) is 3.65. The second kappa shape index (κ2) is 9.46. The summed E-state index contributed by atoms with van der Waals surface area (Å²) < 4.78 is 0. The number of rotatable bonds is 7. The fourth-order valence-electron chi connectivity index (χ4n) is 2.58. The summed E-state index contributed by atoms with van der Waals surface area (Å²) in [5.74, 6) is 0.895. The Morgan fingerprint density at radius 3 is 2.41 bits per heavy atom. The molecule has 3 nitrogen and oxygen atoms in total. The molecule has 1 aliphatic carbocycles. The van der Waals surface area contributed by atoms with Crippen molar-refractivity contribution >= 4 is 5.91 Å². The van der Waals surface area contributed by atoms with Crippen LogP contribution in [0.15, 0.2) is 0 Å². The first-order chi connectivity index (χ1) is 8.33. The van der Waals surface area contributed by atoms with E-state index >= 15 is 0 Å². The molecule has 0 aromatic rings. The lowest BCUT2D eigenvalue weighted by Gasteiger charge is -2.13. The topological polar surface area (TPSA) is 55.1 Å². The summed E-state index contributed by atoms with van der Waals surface area (Å²) in [5, 5.41) is 3.03. The molecule has 1 rings (SSSR count). The van der Waals surface area contributed by atoms with Gasteiger partial charge in [0.25, 0.3) is 0 Å². The van der Waals surface area contributed by atoms with Crippen LogP contribution in [-0.2, 0) is 4.79 Å². The Balaban J connectivity index is 2.03. The van der Waals surface area contributed by atoms with Crippen molar-refractivity contribution in [3.63, 3.8) is 0 Å². The SMILES string of the molecule is NCCCCCNC(=O)CC1CCCCCC1. The van der Waals surface area contributed by atoms with Crippen LogP contribution in [0, 0.1) is 5.92 Å². The predicted octanol–water partition coefficient (Wildman–Crippen LogP) is 2.59. The lowest BCUT2D eigenvalue weighted by molar-refractivity contribution is -0.122. The van der Waals surface area contributed by atoms with Gasteiger partial charge in [-0.1, -0.05) is 32.1 Å². The van der Waals surface area contributed by atoms with Crippen LogP contribution >= 0.6 is 0 Å². The van der Waals surface area contributed by atoms with E-state index in [4.69, 9.17) is 5.73 Å². The molecule has 3 heteroatoms. The van der Waals surface area contributed by atoms with Crippen LogP contribution in [0.1, 0.15) is 64.2 Å². The van der Waals surface area contributed by atoms with Gasteiger partial charge in [-0.25, -0.2) is 0 Å². The minimum Gasteiger partial charge on any atom is -0.356 e. The highest BCUT2D eigenvalue weighted by Crippen LogP contribution is 2.25. The molecule has 0 unspecified atom stereocenters. The highest BCUT2D eigenvalue weighted by molar-refractivity contribution is 5.76. The normalized spacial score (nSPS) is 17.7. The van der Waals surface area contributed by atoms with E-state index in [9.17, 15) is 4.79 Å². The van der Waals surface area contributed by atoms with Gasteiger partial charge in [0, 0.05) is 13.0 Å². The zero-order valence-electron chi connectivity index (χ0n) is 11.0. The number of nitrogens with one attached hydrogen (secondary N) is 1. The van der Waals surface area contributed by atoms with Crippen molar-refractivity contribution in [1.29, 1.82) is 0 Å². The van der Waals surface area contributed by atoms with Crippen molar-refractivity contribution in [2.45, 2.75) is 64.2 Å². The lowest BCUT2D eigenvalue weighted by Crippen LogP contribution is -2.26. The number of nitrogens with two attached hydrogens (primary N) is 1. The largest absolute Gasteiger partial charge is 0.356 e. The molecular formula is C14H28N2O. The summed E-state index contributed by atoms with van der Waals surface area (Å²) in [7, 11) is 0. The third kappa shape index (κ3) is 7.37. The molecule has 1 saturated carbocycles. The Kier molecular flexibility index (Phi) is 8.06. The molecule has 0 aliphatic heterocycles. The first kappa shape index (κ1) is 14.5. The average molecular weight is 240 g/mol. The summed E-state index contributed by atoms with van der Waals surface area (Å²) in [5.41, 5.74) is 5.42. The van der Waals surface area contributed by atoms with Crippen molar-refractivity contribution in [3.05, 3.63) is 0 Å². The average Bonchev–Trinajstić information content (AvgIpc) is 2.57. The molecular weight excluding hydrogens is 212 g/mol. The first-order valence-corrected chi connectivity index (χ1v) is 7.29. The monoisotopic (exact) mass is 240 g/mol. The number of hydrogen-bond acceptors (Lipinski definition) is 2. The van der Waals surface area contributed by atoms with Gasteiger partial charge in [0.2, 0.25) is 5.91 Å². The predicted molar refractivity (Wildman–Crippen MR) is 71.7 cm³/mol. The number of carbonyl (C=O) groups excluding carboxylic acids is 1. The first-order valence-electron chi connectivity index (χ1n) is 7.29. The number of carbonyl (C=O) groups is 1. The minimum absolute atomic E-state index is 0.254. The lowest BCUT2D eigenvalue weighted by atomic mass is 9.96. The summed E-state index contributed by atoms with van der Waals surface area (Å²) in [4.78, 5) is 11.7.